The Morgan fingerprint density at radius 1 is 1.44 bits per heavy atom. The lowest BCUT2D eigenvalue weighted by Gasteiger charge is -2.07. The fourth-order valence-corrected chi connectivity index (χ4v) is 1.71. The van der Waals surface area contributed by atoms with E-state index in [0.717, 1.165) is 31.8 Å². The number of nitrogens with one attached hydrogen (secondary N) is 1. The standard InChI is InChI=1S/C12H17N3O/c1-16-9-3-6-13-10-11-4-2-5-12-14-7-8-15(11)12/h2,4-5,7-8,13H,3,6,9-10H2,1H3. The van der Waals surface area contributed by atoms with E-state index in [4.69, 9.17) is 4.74 Å². The highest BCUT2D eigenvalue weighted by molar-refractivity contribution is 5.39. The summed E-state index contributed by atoms with van der Waals surface area (Å²) in [7, 11) is 1.73. The number of fused-ring (bicyclic) bond motifs is 1. The third-order valence-electron chi connectivity index (χ3n) is 2.52. The molecular weight excluding hydrogens is 202 g/mol. The van der Waals surface area contributed by atoms with Crippen LogP contribution in [0.15, 0.2) is 30.6 Å². The molecule has 4 nitrogen and oxygen atoms in total. The van der Waals surface area contributed by atoms with Crippen LogP contribution in [0.25, 0.3) is 5.65 Å². The minimum atomic E-state index is 0.808. The summed E-state index contributed by atoms with van der Waals surface area (Å²) in [6.07, 6.45) is 4.85. The normalized spacial score (nSPS) is 11.1. The number of hydrogen-bond donors (Lipinski definition) is 1. The van der Waals surface area contributed by atoms with Crippen molar-refractivity contribution in [2.75, 3.05) is 20.3 Å². The van der Waals surface area contributed by atoms with E-state index < -0.39 is 0 Å². The van der Waals surface area contributed by atoms with E-state index >= 15 is 0 Å². The van der Waals surface area contributed by atoms with Crippen molar-refractivity contribution in [2.24, 2.45) is 0 Å². The molecule has 2 heterocycles. The molecule has 0 aliphatic carbocycles. The van der Waals surface area contributed by atoms with Gasteiger partial charge in [-0.2, -0.15) is 0 Å². The minimum Gasteiger partial charge on any atom is -0.385 e. The van der Waals surface area contributed by atoms with Gasteiger partial charge in [-0.3, -0.25) is 0 Å². The molecule has 0 aliphatic rings. The summed E-state index contributed by atoms with van der Waals surface area (Å²) < 4.78 is 7.10. The van der Waals surface area contributed by atoms with Crippen LogP contribution in [-0.4, -0.2) is 29.6 Å². The van der Waals surface area contributed by atoms with Gasteiger partial charge in [0, 0.05) is 38.3 Å². The summed E-state index contributed by atoms with van der Waals surface area (Å²) in [4.78, 5) is 4.25. The van der Waals surface area contributed by atoms with E-state index in [1.807, 2.05) is 24.5 Å². The zero-order chi connectivity index (χ0) is 11.2. The molecule has 0 saturated heterocycles. The average molecular weight is 219 g/mol. The predicted molar refractivity (Wildman–Crippen MR) is 63.4 cm³/mol. The summed E-state index contributed by atoms with van der Waals surface area (Å²) in [5, 5.41) is 3.39. The number of nitrogens with zero attached hydrogens (tertiary/aromatic N) is 2. The molecule has 86 valence electrons. The molecule has 0 amide bonds. The highest BCUT2D eigenvalue weighted by Gasteiger charge is 1.99. The quantitative estimate of drug-likeness (QED) is 0.747. The fraction of sp³-hybridized carbons (Fsp3) is 0.417. The molecular formula is C12H17N3O. The van der Waals surface area contributed by atoms with Crippen molar-refractivity contribution in [1.29, 1.82) is 0 Å². The number of hydrogen-bond acceptors (Lipinski definition) is 3. The molecule has 2 rings (SSSR count). The second kappa shape index (κ2) is 5.63. The number of ether oxygens (including phenoxy) is 1. The molecule has 0 radical (unpaired) electrons. The third-order valence-corrected chi connectivity index (χ3v) is 2.52. The molecule has 0 spiro atoms. The molecule has 16 heavy (non-hydrogen) atoms. The topological polar surface area (TPSA) is 38.6 Å². The van der Waals surface area contributed by atoms with Crippen LogP contribution < -0.4 is 5.32 Å². The maximum absolute atomic E-state index is 5.00. The number of aromatic nitrogens is 2. The number of pyridine rings is 1. The van der Waals surface area contributed by atoms with Crippen LogP contribution in [0, 0.1) is 0 Å². The van der Waals surface area contributed by atoms with E-state index in [9.17, 15) is 0 Å². The second-order valence-corrected chi connectivity index (χ2v) is 3.70. The lowest BCUT2D eigenvalue weighted by Crippen LogP contribution is -2.17. The van der Waals surface area contributed by atoms with Crippen LogP contribution in [-0.2, 0) is 11.3 Å². The van der Waals surface area contributed by atoms with Crippen LogP contribution >= 0.6 is 0 Å². The lowest BCUT2D eigenvalue weighted by molar-refractivity contribution is 0.194. The monoisotopic (exact) mass is 219 g/mol. The first kappa shape index (κ1) is 11.1. The first-order chi connectivity index (χ1) is 7.92. The Balaban J connectivity index is 1.91. The predicted octanol–water partition coefficient (Wildman–Crippen LogP) is 1.46. The van der Waals surface area contributed by atoms with E-state index in [0.29, 0.717) is 0 Å². The Morgan fingerprint density at radius 2 is 2.38 bits per heavy atom. The van der Waals surface area contributed by atoms with Gasteiger partial charge in [0.25, 0.3) is 0 Å². The van der Waals surface area contributed by atoms with Crippen molar-refractivity contribution in [2.45, 2.75) is 13.0 Å². The van der Waals surface area contributed by atoms with E-state index in [2.05, 4.69) is 20.8 Å². The number of rotatable bonds is 6. The van der Waals surface area contributed by atoms with Gasteiger partial charge in [-0.15, -0.1) is 0 Å². The van der Waals surface area contributed by atoms with Crippen molar-refractivity contribution in [3.8, 4) is 0 Å². The molecule has 0 aliphatic heterocycles. The molecule has 0 aromatic carbocycles. The summed E-state index contributed by atoms with van der Waals surface area (Å²) in [6.45, 7) is 2.64. The zero-order valence-corrected chi connectivity index (χ0v) is 9.52. The highest BCUT2D eigenvalue weighted by atomic mass is 16.5. The Labute approximate surface area is 95.3 Å². The van der Waals surface area contributed by atoms with E-state index in [-0.39, 0.29) is 0 Å². The van der Waals surface area contributed by atoms with Gasteiger partial charge in [0.15, 0.2) is 0 Å². The molecule has 0 unspecified atom stereocenters. The van der Waals surface area contributed by atoms with Crippen molar-refractivity contribution in [1.82, 2.24) is 14.7 Å². The molecule has 4 heteroatoms. The number of methoxy groups -OCH3 is 1. The molecule has 2 aromatic rings. The molecule has 0 fully saturated rings. The van der Waals surface area contributed by atoms with Gasteiger partial charge in [0.05, 0.1) is 0 Å². The SMILES string of the molecule is COCCCNCc1cccc2nccn12. The van der Waals surface area contributed by atoms with Crippen molar-refractivity contribution in [3.63, 3.8) is 0 Å². The largest absolute Gasteiger partial charge is 0.385 e. The Kier molecular flexibility index (Phi) is 3.91. The van der Waals surface area contributed by atoms with Crippen LogP contribution in [0.5, 0.6) is 0 Å². The van der Waals surface area contributed by atoms with Crippen molar-refractivity contribution < 1.29 is 4.74 Å². The molecule has 0 saturated carbocycles. The van der Waals surface area contributed by atoms with Crippen LogP contribution in [0.4, 0.5) is 0 Å². The average Bonchev–Trinajstić information content (AvgIpc) is 2.77. The van der Waals surface area contributed by atoms with Gasteiger partial charge in [-0.05, 0) is 25.1 Å². The third kappa shape index (κ3) is 2.59. The first-order valence-electron chi connectivity index (χ1n) is 5.52. The van der Waals surface area contributed by atoms with Crippen molar-refractivity contribution in [3.05, 3.63) is 36.3 Å². The summed E-state index contributed by atoms with van der Waals surface area (Å²) in [5.74, 6) is 0. The maximum Gasteiger partial charge on any atom is 0.136 e. The van der Waals surface area contributed by atoms with Crippen LogP contribution in [0.2, 0.25) is 0 Å². The van der Waals surface area contributed by atoms with Gasteiger partial charge in [-0.1, -0.05) is 6.07 Å². The van der Waals surface area contributed by atoms with Gasteiger partial charge < -0.3 is 14.5 Å². The smallest absolute Gasteiger partial charge is 0.136 e. The lowest BCUT2D eigenvalue weighted by atomic mass is 10.3. The molecule has 2 aromatic heterocycles. The molecule has 1 N–H and O–H groups in total. The number of imidazole rings is 1. The summed E-state index contributed by atoms with van der Waals surface area (Å²) in [6, 6.07) is 6.15. The molecule has 0 bridgehead atoms. The Bertz CT molecular complexity index is 439. The van der Waals surface area contributed by atoms with Gasteiger partial charge >= 0.3 is 0 Å². The minimum absolute atomic E-state index is 0.808. The van der Waals surface area contributed by atoms with E-state index in [1.165, 1.54) is 5.69 Å². The summed E-state index contributed by atoms with van der Waals surface area (Å²) in [5.41, 5.74) is 2.23. The molecule has 0 atom stereocenters. The Hall–Kier alpha value is -1.39. The zero-order valence-electron chi connectivity index (χ0n) is 9.52. The van der Waals surface area contributed by atoms with Crippen molar-refractivity contribution >= 4 is 5.65 Å². The second-order valence-electron chi connectivity index (χ2n) is 3.70. The van der Waals surface area contributed by atoms with Gasteiger partial charge in [-0.25, -0.2) is 4.98 Å². The van der Waals surface area contributed by atoms with Crippen LogP contribution in [0.1, 0.15) is 12.1 Å². The van der Waals surface area contributed by atoms with Crippen LogP contribution in [0.3, 0.4) is 0 Å². The summed E-state index contributed by atoms with van der Waals surface area (Å²) >= 11 is 0. The maximum atomic E-state index is 5.00. The highest BCUT2D eigenvalue weighted by Crippen LogP contribution is 2.05. The first-order valence-corrected chi connectivity index (χ1v) is 5.52. The van der Waals surface area contributed by atoms with Gasteiger partial charge in [0.2, 0.25) is 0 Å². The Morgan fingerprint density at radius 3 is 3.25 bits per heavy atom. The van der Waals surface area contributed by atoms with Gasteiger partial charge in [0.1, 0.15) is 5.65 Å². The fourth-order valence-electron chi connectivity index (χ4n) is 1.71. The van der Waals surface area contributed by atoms with E-state index in [1.54, 1.807) is 7.11 Å².